The Bertz CT molecular complexity index is 365. The van der Waals surface area contributed by atoms with Gasteiger partial charge in [-0.2, -0.15) is 0 Å². The summed E-state index contributed by atoms with van der Waals surface area (Å²) in [5.74, 6) is 1.05. The molecule has 2 N–H and O–H groups in total. The molecule has 1 fully saturated rings. The molecular formula is C12H15Cl2N. The first-order valence-electron chi connectivity index (χ1n) is 5.34. The Hall–Kier alpha value is -0.240. The van der Waals surface area contributed by atoms with Crippen molar-refractivity contribution in [3.05, 3.63) is 33.8 Å². The van der Waals surface area contributed by atoms with Gasteiger partial charge in [-0.3, -0.25) is 0 Å². The molecule has 15 heavy (non-hydrogen) atoms. The van der Waals surface area contributed by atoms with Crippen molar-refractivity contribution in [1.29, 1.82) is 0 Å². The van der Waals surface area contributed by atoms with Crippen molar-refractivity contribution in [2.24, 2.45) is 11.7 Å². The average Bonchev–Trinajstić information content (AvgIpc) is 2.20. The van der Waals surface area contributed by atoms with E-state index in [1.54, 1.807) is 0 Å². The molecule has 1 aliphatic carbocycles. The van der Waals surface area contributed by atoms with E-state index >= 15 is 0 Å². The van der Waals surface area contributed by atoms with Crippen LogP contribution in [0.5, 0.6) is 0 Å². The van der Waals surface area contributed by atoms with Crippen molar-refractivity contribution in [3.8, 4) is 0 Å². The van der Waals surface area contributed by atoms with E-state index in [4.69, 9.17) is 28.9 Å². The number of benzene rings is 1. The highest BCUT2D eigenvalue weighted by Gasteiger charge is 2.39. The highest BCUT2D eigenvalue weighted by Crippen LogP contribution is 2.46. The van der Waals surface area contributed by atoms with Crippen LogP contribution < -0.4 is 5.73 Å². The molecule has 1 aromatic carbocycles. The number of halogens is 2. The van der Waals surface area contributed by atoms with Gasteiger partial charge < -0.3 is 5.73 Å². The predicted octanol–water partition coefficient (Wildman–Crippen LogP) is 3.83. The predicted molar refractivity (Wildman–Crippen MR) is 65.6 cm³/mol. The quantitative estimate of drug-likeness (QED) is 0.840. The van der Waals surface area contributed by atoms with Gasteiger partial charge in [-0.1, -0.05) is 48.7 Å². The van der Waals surface area contributed by atoms with Gasteiger partial charge in [0.05, 0.1) is 10.0 Å². The second kappa shape index (κ2) is 4.32. The van der Waals surface area contributed by atoms with E-state index in [0.717, 1.165) is 18.4 Å². The van der Waals surface area contributed by atoms with Gasteiger partial charge in [0.15, 0.2) is 0 Å². The van der Waals surface area contributed by atoms with Gasteiger partial charge in [-0.25, -0.2) is 0 Å². The number of hydrogen-bond donors (Lipinski definition) is 1. The summed E-state index contributed by atoms with van der Waals surface area (Å²) >= 11 is 12.2. The zero-order valence-electron chi connectivity index (χ0n) is 8.71. The molecule has 2 rings (SSSR count). The van der Waals surface area contributed by atoms with E-state index < -0.39 is 0 Å². The maximum Gasteiger partial charge on any atom is 0.0627 e. The van der Waals surface area contributed by atoms with Crippen LogP contribution in [0.3, 0.4) is 0 Å². The molecule has 0 saturated heterocycles. The molecule has 1 saturated carbocycles. The molecular weight excluding hydrogens is 229 g/mol. The van der Waals surface area contributed by atoms with E-state index in [1.165, 1.54) is 0 Å². The molecule has 3 heteroatoms. The molecule has 0 aliphatic heterocycles. The lowest BCUT2D eigenvalue weighted by Gasteiger charge is -2.43. The van der Waals surface area contributed by atoms with E-state index in [-0.39, 0.29) is 0 Å². The molecule has 0 radical (unpaired) electrons. The second-order valence-electron chi connectivity index (χ2n) is 4.22. The number of nitrogens with two attached hydrogens (primary N) is 1. The lowest BCUT2D eigenvalue weighted by atomic mass is 9.65. The van der Waals surface area contributed by atoms with Gasteiger partial charge >= 0.3 is 0 Å². The molecule has 1 nitrogen and oxygen atoms in total. The normalized spacial score (nSPS) is 30.0. The first-order valence-corrected chi connectivity index (χ1v) is 6.10. The molecule has 1 aromatic rings. The highest BCUT2D eigenvalue weighted by atomic mass is 35.5. The molecule has 0 heterocycles. The Labute approximate surface area is 101 Å². The monoisotopic (exact) mass is 243 g/mol. The summed E-state index contributed by atoms with van der Waals surface area (Å²) in [7, 11) is 0. The zero-order chi connectivity index (χ0) is 11.0. The summed E-state index contributed by atoms with van der Waals surface area (Å²) in [6.07, 6.45) is 2.13. The molecule has 0 spiro atoms. The van der Waals surface area contributed by atoms with Crippen molar-refractivity contribution in [1.82, 2.24) is 0 Å². The second-order valence-corrected chi connectivity index (χ2v) is 5.01. The maximum atomic E-state index is 6.20. The van der Waals surface area contributed by atoms with Crippen molar-refractivity contribution in [2.75, 3.05) is 0 Å². The fraction of sp³-hybridized carbons (Fsp3) is 0.500. The molecule has 1 aliphatic rings. The molecule has 0 aromatic heterocycles. The number of hydrogen-bond acceptors (Lipinski definition) is 1. The Morgan fingerprint density at radius 2 is 2.13 bits per heavy atom. The van der Waals surface area contributed by atoms with Crippen molar-refractivity contribution >= 4 is 23.2 Å². The largest absolute Gasteiger partial charge is 0.327 e. The summed E-state index contributed by atoms with van der Waals surface area (Å²) < 4.78 is 0. The Kier molecular flexibility index (Phi) is 3.24. The minimum atomic E-state index is 0.329. The van der Waals surface area contributed by atoms with Crippen LogP contribution in [0.4, 0.5) is 0 Å². The van der Waals surface area contributed by atoms with Gasteiger partial charge in [-0.15, -0.1) is 0 Å². The molecule has 3 unspecified atom stereocenters. The Balaban J connectivity index is 2.27. The van der Waals surface area contributed by atoms with E-state index in [0.29, 0.717) is 27.9 Å². The number of rotatable bonds is 2. The zero-order valence-corrected chi connectivity index (χ0v) is 10.2. The molecule has 0 bridgehead atoms. The first-order chi connectivity index (χ1) is 7.15. The first kappa shape index (κ1) is 11.3. The van der Waals surface area contributed by atoms with E-state index in [2.05, 4.69) is 13.0 Å². The fourth-order valence-corrected chi connectivity index (χ4v) is 2.95. The van der Waals surface area contributed by atoms with Crippen LogP contribution in [-0.2, 0) is 0 Å². The fourth-order valence-electron chi connectivity index (χ4n) is 2.50. The summed E-state index contributed by atoms with van der Waals surface area (Å²) in [5.41, 5.74) is 7.14. The van der Waals surface area contributed by atoms with E-state index in [9.17, 15) is 0 Å². The van der Waals surface area contributed by atoms with Gasteiger partial charge in [0, 0.05) is 6.04 Å². The minimum absolute atomic E-state index is 0.329. The highest BCUT2D eigenvalue weighted by molar-refractivity contribution is 6.42. The van der Waals surface area contributed by atoms with E-state index in [1.807, 2.05) is 12.1 Å². The summed E-state index contributed by atoms with van der Waals surface area (Å²) in [6, 6.07) is 6.18. The lowest BCUT2D eigenvalue weighted by molar-refractivity contribution is 0.198. The van der Waals surface area contributed by atoms with Crippen molar-refractivity contribution in [2.45, 2.75) is 31.7 Å². The van der Waals surface area contributed by atoms with Gasteiger partial charge in [0.1, 0.15) is 0 Å². The van der Waals surface area contributed by atoms with Crippen LogP contribution in [0.25, 0.3) is 0 Å². The third kappa shape index (κ3) is 1.89. The SMILES string of the molecule is CCC1C(N)CC1c1cccc(Cl)c1Cl. The summed E-state index contributed by atoms with van der Waals surface area (Å²) in [4.78, 5) is 0. The van der Waals surface area contributed by atoms with Gasteiger partial charge in [-0.05, 0) is 29.9 Å². The Morgan fingerprint density at radius 1 is 1.40 bits per heavy atom. The van der Waals surface area contributed by atoms with Crippen LogP contribution in [0.15, 0.2) is 18.2 Å². The third-order valence-electron chi connectivity index (χ3n) is 3.45. The van der Waals surface area contributed by atoms with Crippen LogP contribution in [0, 0.1) is 5.92 Å². The Morgan fingerprint density at radius 3 is 2.73 bits per heavy atom. The third-order valence-corrected chi connectivity index (χ3v) is 4.28. The van der Waals surface area contributed by atoms with Crippen LogP contribution in [-0.4, -0.2) is 6.04 Å². The van der Waals surface area contributed by atoms with Crippen LogP contribution in [0.1, 0.15) is 31.2 Å². The topological polar surface area (TPSA) is 26.0 Å². The van der Waals surface area contributed by atoms with Crippen molar-refractivity contribution in [3.63, 3.8) is 0 Å². The minimum Gasteiger partial charge on any atom is -0.327 e. The summed E-state index contributed by atoms with van der Waals surface area (Å²) in [5, 5.41) is 1.35. The maximum absolute atomic E-state index is 6.20. The standard InChI is InChI=1S/C12H15Cl2N/c1-2-7-9(6-11(7)15)8-4-3-5-10(13)12(8)14/h3-5,7,9,11H,2,6,15H2,1H3. The van der Waals surface area contributed by atoms with Crippen molar-refractivity contribution < 1.29 is 0 Å². The van der Waals surface area contributed by atoms with Crippen LogP contribution in [0.2, 0.25) is 10.0 Å². The molecule has 0 amide bonds. The summed E-state index contributed by atoms with van der Waals surface area (Å²) in [6.45, 7) is 2.18. The van der Waals surface area contributed by atoms with Crippen LogP contribution >= 0.6 is 23.2 Å². The average molecular weight is 244 g/mol. The van der Waals surface area contributed by atoms with Gasteiger partial charge in [0.2, 0.25) is 0 Å². The smallest absolute Gasteiger partial charge is 0.0627 e. The van der Waals surface area contributed by atoms with Gasteiger partial charge in [0.25, 0.3) is 0 Å². The molecule has 82 valence electrons. The lowest BCUT2D eigenvalue weighted by Crippen LogP contribution is -2.45. The molecule has 3 atom stereocenters.